The summed E-state index contributed by atoms with van der Waals surface area (Å²) in [4.78, 5) is 0.284. The lowest BCUT2D eigenvalue weighted by Crippen LogP contribution is -2.31. The molecule has 3 aromatic rings. The Morgan fingerprint density at radius 2 is 1.37 bits per heavy atom. The van der Waals surface area contributed by atoms with Crippen molar-refractivity contribution in [3.63, 3.8) is 0 Å². The molecule has 4 nitrogen and oxygen atoms in total. The summed E-state index contributed by atoms with van der Waals surface area (Å²) in [5, 5.41) is 0. The molecule has 3 aromatic carbocycles. The number of ether oxygens (including phenoxy) is 1. The predicted octanol–water partition coefficient (Wildman–Crippen LogP) is 4.46. The quantitative estimate of drug-likeness (QED) is 0.673. The Kier molecular flexibility index (Phi) is 4.83. The van der Waals surface area contributed by atoms with E-state index in [4.69, 9.17) is 4.74 Å². The molecule has 4 rings (SSSR count). The molecule has 27 heavy (non-hydrogen) atoms. The van der Waals surface area contributed by atoms with Crippen molar-refractivity contribution in [2.45, 2.75) is 24.2 Å². The Balaban J connectivity index is 1.74. The maximum Gasteiger partial charge on any atom is 0.245 e. The van der Waals surface area contributed by atoms with Gasteiger partial charge >= 0.3 is 0 Å². The van der Waals surface area contributed by atoms with Crippen LogP contribution in [0.25, 0.3) is 0 Å². The topological polar surface area (TPSA) is 46.6 Å². The molecule has 0 radical (unpaired) electrons. The Bertz CT molecular complexity index is 1000. The Morgan fingerprint density at radius 1 is 0.815 bits per heavy atom. The third kappa shape index (κ3) is 3.54. The minimum absolute atomic E-state index is 0.278. The number of hydrogen-bond donors (Lipinski definition) is 0. The highest BCUT2D eigenvalue weighted by molar-refractivity contribution is 7.89. The monoisotopic (exact) mass is 379 g/mol. The number of hydrogen-bond acceptors (Lipinski definition) is 3. The molecule has 0 unspecified atom stereocenters. The molecule has 0 N–H and O–H groups in total. The highest BCUT2D eigenvalue weighted by atomic mass is 32.2. The summed E-state index contributed by atoms with van der Waals surface area (Å²) in [5.74, 6) is 0. The van der Waals surface area contributed by atoms with Crippen LogP contribution in [0.15, 0.2) is 89.8 Å². The second-order valence-corrected chi connectivity index (χ2v) is 8.58. The summed E-state index contributed by atoms with van der Waals surface area (Å²) < 4.78 is 34.4. The van der Waals surface area contributed by atoms with E-state index in [0.717, 1.165) is 16.7 Å². The van der Waals surface area contributed by atoms with Crippen LogP contribution in [0.2, 0.25) is 0 Å². The average Bonchev–Trinajstić information content (AvgIpc) is 3.16. The van der Waals surface area contributed by atoms with Gasteiger partial charge in [0.25, 0.3) is 0 Å². The Morgan fingerprint density at radius 3 is 1.96 bits per heavy atom. The molecule has 1 aliphatic heterocycles. The zero-order chi connectivity index (χ0) is 18.9. The SMILES string of the molecule is Cc1ccc(S(=O)(=O)N2C[C@H](c3ccccc3)O[C@@H]2c2ccccc2)cc1. The maximum atomic E-state index is 13.4. The zero-order valence-corrected chi connectivity index (χ0v) is 15.8. The van der Waals surface area contributed by atoms with Crippen molar-refractivity contribution in [3.05, 3.63) is 102 Å². The summed E-state index contributed by atoms with van der Waals surface area (Å²) in [6.45, 7) is 2.22. The second kappa shape index (κ2) is 7.27. The number of sulfonamides is 1. The first-order valence-corrected chi connectivity index (χ1v) is 10.3. The molecule has 1 saturated heterocycles. The summed E-state index contributed by atoms with van der Waals surface area (Å²) in [6.07, 6.45) is -0.959. The first kappa shape index (κ1) is 17.9. The van der Waals surface area contributed by atoms with E-state index in [1.807, 2.05) is 79.7 Å². The third-order valence-electron chi connectivity index (χ3n) is 4.78. The van der Waals surface area contributed by atoms with E-state index < -0.39 is 16.3 Å². The molecular formula is C22H21NO3S. The van der Waals surface area contributed by atoms with Crippen molar-refractivity contribution in [2.75, 3.05) is 6.54 Å². The molecule has 0 bridgehead atoms. The molecule has 0 aromatic heterocycles. The van der Waals surface area contributed by atoms with Crippen LogP contribution in [0.3, 0.4) is 0 Å². The fourth-order valence-electron chi connectivity index (χ4n) is 3.31. The Labute approximate surface area is 160 Å². The largest absolute Gasteiger partial charge is 0.349 e. The first-order chi connectivity index (χ1) is 13.1. The minimum atomic E-state index is -3.69. The predicted molar refractivity (Wildman–Crippen MR) is 105 cm³/mol. The van der Waals surface area contributed by atoms with Crippen molar-refractivity contribution >= 4 is 10.0 Å². The van der Waals surface area contributed by atoms with Gasteiger partial charge in [-0.05, 0) is 30.2 Å². The van der Waals surface area contributed by atoms with Gasteiger partial charge in [0.15, 0.2) is 6.23 Å². The molecule has 2 atom stereocenters. The third-order valence-corrected chi connectivity index (χ3v) is 6.61. The smallest absolute Gasteiger partial charge is 0.245 e. The van der Waals surface area contributed by atoms with Crippen LogP contribution in [0.1, 0.15) is 29.0 Å². The Hall–Kier alpha value is -2.47. The minimum Gasteiger partial charge on any atom is -0.349 e. The highest BCUT2D eigenvalue weighted by Gasteiger charge is 2.42. The molecule has 138 valence electrons. The van der Waals surface area contributed by atoms with E-state index >= 15 is 0 Å². The van der Waals surface area contributed by atoms with Crippen LogP contribution in [-0.2, 0) is 14.8 Å². The fraction of sp³-hybridized carbons (Fsp3) is 0.182. The molecule has 0 saturated carbocycles. The van der Waals surface area contributed by atoms with Crippen LogP contribution in [0, 0.1) is 6.92 Å². The van der Waals surface area contributed by atoms with Gasteiger partial charge in [-0.25, -0.2) is 8.42 Å². The van der Waals surface area contributed by atoms with Crippen LogP contribution in [0.5, 0.6) is 0 Å². The lowest BCUT2D eigenvalue weighted by molar-refractivity contribution is 0.0202. The zero-order valence-electron chi connectivity index (χ0n) is 15.0. The van der Waals surface area contributed by atoms with Gasteiger partial charge in [0.1, 0.15) is 0 Å². The van der Waals surface area contributed by atoms with Gasteiger partial charge in [0, 0.05) is 6.54 Å². The summed E-state index contributed by atoms with van der Waals surface area (Å²) >= 11 is 0. The average molecular weight is 379 g/mol. The molecule has 0 spiro atoms. The fourth-order valence-corrected chi connectivity index (χ4v) is 4.82. The van der Waals surface area contributed by atoms with E-state index in [2.05, 4.69) is 0 Å². The van der Waals surface area contributed by atoms with Gasteiger partial charge in [0.05, 0.1) is 11.0 Å². The number of aryl methyl sites for hydroxylation is 1. The summed E-state index contributed by atoms with van der Waals surface area (Å²) in [5.41, 5.74) is 2.82. The van der Waals surface area contributed by atoms with E-state index in [9.17, 15) is 8.42 Å². The van der Waals surface area contributed by atoms with Gasteiger partial charge in [-0.3, -0.25) is 0 Å². The van der Waals surface area contributed by atoms with Crippen LogP contribution >= 0.6 is 0 Å². The summed E-state index contributed by atoms with van der Waals surface area (Å²) in [7, 11) is -3.69. The van der Waals surface area contributed by atoms with Gasteiger partial charge in [-0.1, -0.05) is 78.4 Å². The second-order valence-electron chi connectivity index (χ2n) is 6.69. The summed E-state index contributed by atoms with van der Waals surface area (Å²) in [6, 6.07) is 26.2. The normalized spacial score (nSPS) is 20.6. The maximum absolute atomic E-state index is 13.4. The van der Waals surface area contributed by atoms with Crippen molar-refractivity contribution in [2.24, 2.45) is 0 Å². The van der Waals surface area contributed by atoms with Gasteiger partial charge < -0.3 is 4.74 Å². The van der Waals surface area contributed by atoms with Crippen molar-refractivity contribution in [1.29, 1.82) is 0 Å². The van der Waals surface area contributed by atoms with Gasteiger partial charge in [-0.15, -0.1) is 0 Å². The number of benzene rings is 3. The van der Waals surface area contributed by atoms with E-state index in [1.54, 1.807) is 12.1 Å². The lowest BCUT2D eigenvalue weighted by atomic mass is 10.1. The van der Waals surface area contributed by atoms with Crippen LogP contribution < -0.4 is 0 Å². The van der Waals surface area contributed by atoms with Gasteiger partial charge in [-0.2, -0.15) is 4.31 Å². The molecule has 0 aliphatic carbocycles. The van der Waals surface area contributed by atoms with E-state index in [-0.39, 0.29) is 17.5 Å². The molecular weight excluding hydrogens is 358 g/mol. The molecule has 1 heterocycles. The standard InChI is InChI=1S/C22H21NO3S/c1-17-12-14-20(15-13-17)27(24,25)23-16-21(18-8-4-2-5-9-18)26-22(23)19-10-6-3-7-11-19/h2-15,21-22H,16H2,1H3/t21-,22-/m1/s1. The molecule has 1 fully saturated rings. The van der Waals surface area contributed by atoms with Crippen LogP contribution in [0.4, 0.5) is 0 Å². The van der Waals surface area contributed by atoms with Crippen LogP contribution in [-0.4, -0.2) is 19.3 Å². The highest BCUT2D eigenvalue weighted by Crippen LogP contribution is 2.40. The number of nitrogens with zero attached hydrogens (tertiary/aromatic N) is 1. The van der Waals surface area contributed by atoms with Crippen molar-refractivity contribution in [1.82, 2.24) is 4.31 Å². The lowest BCUT2D eigenvalue weighted by Gasteiger charge is -2.22. The first-order valence-electron chi connectivity index (χ1n) is 8.89. The molecule has 1 aliphatic rings. The molecule has 5 heteroatoms. The van der Waals surface area contributed by atoms with Crippen molar-refractivity contribution < 1.29 is 13.2 Å². The molecule has 0 amide bonds. The van der Waals surface area contributed by atoms with E-state index in [0.29, 0.717) is 0 Å². The van der Waals surface area contributed by atoms with Crippen molar-refractivity contribution in [3.8, 4) is 0 Å². The van der Waals surface area contributed by atoms with Gasteiger partial charge in [0.2, 0.25) is 10.0 Å². The van der Waals surface area contributed by atoms with E-state index in [1.165, 1.54) is 4.31 Å². The number of rotatable bonds is 4.